The molecule has 4 nitrogen and oxygen atoms in total. The summed E-state index contributed by atoms with van der Waals surface area (Å²) in [5, 5.41) is 2.80. The molecule has 0 aliphatic heterocycles. The number of anilines is 1. The smallest absolute Gasteiger partial charge is 0.265 e. The Balaban J connectivity index is 1.80. The Morgan fingerprint density at radius 2 is 2.09 bits per heavy atom. The third-order valence-electron chi connectivity index (χ3n) is 4.07. The predicted octanol–water partition coefficient (Wildman–Crippen LogP) is 3.53. The fraction of sp³-hybridized carbons (Fsp3) is 0.353. The van der Waals surface area contributed by atoms with Crippen LogP contribution in [0.3, 0.4) is 0 Å². The number of amides is 1. The van der Waals surface area contributed by atoms with E-state index in [0.29, 0.717) is 16.5 Å². The summed E-state index contributed by atoms with van der Waals surface area (Å²) in [5.74, 6) is 0.488. The molecule has 1 aliphatic carbocycles. The van der Waals surface area contributed by atoms with Crippen molar-refractivity contribution in [3.8, 4) is 0 Å². The molecule has 1 heterocycles. The molecule has 0 fully saturated rings. The van der Waals surface area contributed by atoms with Crippen molar-refractivity contribution in [1.82, 2.24) is 0 Å². The van der Waals surface area contributed by atoms with Crippen LogP contribution in [-0.2, 0) is 22.7 Å². The Bertz CT molecular complexity index is 852. The number of sulfone groups is 1. The highest BCUT2D eigenvalue weighted by atomic mass is 32.2. The number of rotatable bonds is 3. The van der Waals surface area contributed by atoms with Crippen molar-refractivity contribution in [2.75, 3.05) is 11.6 Å². The summed E-state index contributed by atoms with van der Waals surface area (Å²) in [4.78, 5) is 14.6. The van der Waals surface area contributed by atoms with Crippen molar-refractivity contribution in [2.24, 2.45) is 5.92 Å². The molecule has 1 unspecified atom stereocenters. The lowest BCUT2D eigenvalue weighted by Crippen LogP contribution is -2.11. The number of nitrogens with one attached hydrogen (secondary N) is 1. The molecule has 0 radical (unpaired) electrons. The summed E-state index contributed by atoms with van der Waals surface area (Å²) in [5.41, 5.74) is 1.78. The first-order valence-corrected chi connectivity index (χ1v) is 10.3. The van der Waals surface area contributed by atoms with Crippen molar-refractivity contribution in [3.05, 3.63) is 45.6 Å². The second-order valence-electron chi connectivity index (χ2n) is 6.16. The van der Waals surface area contributed by atoms with Gasteiger partial charge >= 0.3 is 0 Å². The van der Waals surface area contributed by atoms with Crippen LogP contribution in [0.5, 0.6) is 0 Å². The Kier molecular flexibility index (Phi) is 4.29. The largest absolute Gasteiger partial charge is 0.321 e. The summed E-state index contributed by atoms with van der Waals surface area (Å²) in [6, 6.07) is 8.32. The maximum Gasteiger partial charge on any atom is 0.265 e. The fourth-order valence-electron chi connectivity index (χ4n) is 2.81. The lowest BCUT2D eigenvalue weighted by Gasteiger charge is -2.16. The molecule has 1 atom stereocenters. The van der Waals surface area contributed by atoms with Crippen molar-refractivity contribution in [1.29, 1.82) is 0 Å². The minimum atomic E-state index is -3.28. The van der Waals surface area contributed by atoms with Crippen LogP contribution in [0.25, 0.3) is 0 Å². The standard InChI is InChI=1S/C17H19NO3S2/c1-11-6-7-15-12(8-11)9-16(22-15)17(19)18-13-4-3-5-14(10-13)23(2,20)21/h3-5,9-11H,6-8H2,1-2H3,(H,18,19). The summed E-state index contributed by atoms with van der Waals surface area (Å²) in [7, 11) is -3.28. The third-order valence-corrected chi connectivity index (χ3v) is 6.42. The van der Waals surface area contributed by atoms with Crippen molar-refractivity contribution in [2.45, 2.75) is 31.1 Å². The van der Waals surface area contributed by atoms with Crippen LogP contribution in [0.2, 0.25) is 0 Å². The first kappa shape index (κ1) is 16.2. The van der Waals surface area contributed by atoms with Gasteiger partial charge in [-0.05, 0) is 55.0 Å². The third kappa shape index (κ3) is 3.64. The lowest BCUT2D eigenvalue weighted by atomic mass is 9.90. The molecule has 23 heavy (non-hydrogen) atoms. The van der Waals surface area contributed by atoms with E-state index in [0.717, 1.165) is 19.1 Å². The molecule has 1 N–H and O–H groups in total. The van der Waals surface area contributed by atoms with E-state index in [-0.39, 0.29) is 10.8 Å². The second-order valence-corrected chi connectivity index (χ2v) is 9.31. The summed E-state index contributed by atoms with van der Waals surface area (Å²) >= 11 is 1.54. The zero-order valence-electron chi connectivity index (χ0n) is 13.1. The maximum absolute atomic E-state index is 12.4. The average Bonchev–Trinajstić information content (AvgIpc) is 2.90. The number of thiophene rings is 1. The van der Waals surface area contributed by atoms with Gasteiger partial charge in [-0.3, -0.25) is 4.79 Å². The second kappa shape index (κ2) is 6.09. The molecule has 6 heteroatoms. The average molecular weight is 349 g/mol. The molecular formula is C17H19NO3S2. The number of hydrogen-bond acceptors (Lipinski definition) is 4. The van der Waals surface area contributed by atoms with E-state index in [2.05, 4.69) is 12.2 Å². The molecule has 122 valence electrons. The Labute approximate surface area is 140 Å². The van der Waals surface area contributed by atoms with Crippen molar-refractivity contribution in [3.63, 3.8) is 0 Å². The number of carbonyl (C=O) groups excluding carboxylic acids is 1. The number of aryl methyl sites for hydroxylation is 1. The monoisotopic (exact) mass is 349 g/mol. The van der Waals surface area contributed by atoms with Gasteiger partial charge in [-0.15, -0.1) is 11.3 Å². The van der Waals surface area contributed by atoms with Gasteiger partial charge in [0.1, 0.15) is 0 Å². The summed E-state index contributed by atoms with van der Waals surface area (Å²) in [6.45, 7) is 2.23. The zero-order chi connectivity index (χ0) is 16.6. The van der Waals surface area contributed by atoms with Gasteiger partial charge in [0.25, 0.3) is 5.91 Å². The quantitative estimate of drug-likeness (QED) is 0.922. The zero-order valence-corrected chi connectivity index (χ0v) is 14.8. The minimum absolute atomic E-state index is 0.178. The Morgan fingerprint density at radius 3 is 2.83 bits per heavy atom. The minimum Gasteiger partial charge on any atom is -0.321 e. The molecule has 2 aromatic rings. The number of benzene rings is 1. The van der Waals surface area contributed by atoms with E-state index < -0.39 is 9.84 Å². The highest BCUT2D eigenvalue weighted by molar-refractivity contribution is 7.90. The molecule has 3 rings (SSSR count). The van der Waals surface area contributed by atoms with Crippen LogP contribution in [0.15, 0.2) is 35.2 Å². The molecule has 0 bridgehead atoms. The van der Waals surface area contributed by atoms with Gasteiger partial charge in [0.05, 0.1) is 9.77 Å². The first-order valence-electron chi connectivity index (χ1n) is 7.56. The topological polar surface area (TPSA) is 63.2 Å². The summed E-state index contributed by atoms with van der Waals surface area (Å²) < 4.78 is 23.2. The number of carbonyl (C=O) groups is 1. The van der Waals surface area contributed by atoms with Crippen LogP contribution in [0, 0.1) is 5.92 Å². The summed E-state index contributed by atoms with van der Waals surface area (Å²) in [6.07, 6.45) is 4.40. The van der Waals surface area contributed by atoms with Gasteiger partial charge in [0, 0.05) is 16.8 Å². The van der Waals surface area contributed by atoms with E-state index in [1.54, 1.807) is 23.5 Å². The Morgan fingerprint density at radius 1 is 1.30 bits per heavy atom. The van der Waals surface area contributed by atoms with Crippen molar-refractivity contribution < 1.29 is 13.2 Å². The SMILES string of the molecule is CC1CCc2sc(C(=O)Nc3cccc(S(C)(=O)=O)c3)cc2C1. The molecular weight excluding hydrogens is 330 g/mol. The van der Waals surface area contributed by atoms with Crippen LogP contribution in [-0.4, -0.2) is 20.6 Å². The normalized spacial score (nSPS) is 17.6. The van der Waals surface area contributed by atoms with Crippen LogP contribution >= 0.6 is 11.3 Å². The highest BCUT2D eigenvalue weighted by Gasteiger charge is 2.21. The van der Waals surface area contributed by atoms with Crippen LogP contribution in [0.1, 0.15) is 33.5 Å². The predicted molar refractivity (Wildman–Crippen MR) is 93.0 cm³/mol. The molecule has 1 amide bonds. The number of fused-ring (bicyclic) bond motifs is 1. The molecule has 0 saturated heterocycles. The highest BCUT2D eigenvalue weighted by Crippen LogP contribution is 2.32. The van der Waals surface area contributed by atoms with Gasteiger partial charge < -0.3 is 5.32 Å². The molecule has 1 aliphatic rings. The van der Waals surface area contributed by atoms with Gasteiger partial charge in [0.2, 0.25) is 0 Å². The first-order chi connectivity index (χ1) is 10.8. The van der Waals surface area contributed by atoms with E-state index in [9.17, 15) is 13.2 Å². The molecule has 0 saturated carbocycles. The van der Waals surface area contributed by atoms with Crippen molar-refractivity contribution >= 4 is 32.8 Å². The van der Waals surface area contributed by atoms with Gasteiger partial charge in [-0.1, -0.05) is 13.0 Å². The van der Waals surface area contributed by atoms with E-state index in [1.165, 1.54) is 29.0 Å². The Hall–Kier alpha value is -1.66. The fourth-order valence-corrected chi connectivity index (χ4v) is 4.59. The maximum atomic E-state index is 12.4. The molecule has 1 aromatic heterocycles. The molecule has 1 aromatic carbocycles. The lowest BCUT2D eigenvalue weighted by molar-refractivity contribution is 0.103. The van der Waals surface area contributed by atoms with E-state index >= 15 is 0 Å². The van der Waals surface area contributed by atoms with Crippen LogP contribution < -0.4 is 5.32 Å². The van der Waals surface area contributed by atoms with Gasteiger partial charge in [-0.25, -0.2) is 8.42 Å². The van der Waals surface area contributed by atoms with E-state index in [1.807, 2.05) is 6.07 Å². The van der Waals surface area contributed by atoms with Crippen LogP contribution in [0.4, 0.5) is 5.69 Å². The number of hydrogen-bond donors (Lipinski definition) is 1. The van der Waals surface area contributed by atoms with Gasteiger partial charge in [0.15, 0.2) is 9.84 Å². The molecule has 0 spiro atoms. The van der Waals surface area contributed by atoms with Gasteiger partial charge in [-0.2, -0.15) is 0 Å². The van der Waals surface area contributed by atoms with E-state index in [4.69, 9.17) is 0 Å².